The molecule has 2 aliphatic heterocycles. The maximum atomic E-state index is 12.9. The van der Waals surface area contributed by atoms with E-state index >= 15 is 0 Å². The molecule has 1 aromatic rings. The second-order valence-electron chi connectivity index (χ2n) is 8.39. The van der Waals surface area contributed by atoms with Gasteiger partial charge in [-0.2, -0.15) is 0 Å². The zero-order valence-corrected chi connectivity index (χ0v) is 15.7. The average Bonchev–Trinajstić information content (AvgIpc) is 3.28. The third-order valence-corrected chi connectivity index (χ3v) is 6.71. The summed E-state index contributed by atoms with van der Waals surface area (Å²) in [5.41, 5.74) is 1.32. The van der Waals surface area contributed by atoms with Crippen LogP contribution in [0.1, 0.15) is 44.2 Å². The van der Waals surface area contributed by atoms with Gasteiger partial charge in [0.25, 0.3) is 0 Å². The summed E-state index contributed by atoms with van der Waals surface area (Å²) in [6.45, 7) is 5.54. The predicted molar refractivity (Wildman–Crippen MR) is 100 cm³/mol. The average molecular weight is 357 g/mol. The van der Waals surface area contributed by atoms with Crippen LogP contribution in [0, 0.1) is 17.3 Å². The van der Waals surface area contributed by atoms with Crippen LogP contribution in [0.5, 0.6) is 0 Å². The number of carbonyl (C=O) groups is 1. The van der Waals surface area contributed by atoms with E-state index in [9.17, 15) is 4.79 Å². The number of likely N-dealkylation sites (tertiary alicyclic amines) is 1. The third-order valence-electron chi connectivity index (χ3n) is 6.71. The Morgan fingerprint density at radius 3 is 2.96 bits per heavy atom. The molecule has 1 N–H and O–H groups in total. The number of hydrogen-bond donors (Lipinski definition) is 1. The Morgan fingerprint density at radius 1 is 1.27 bits per heavy atom. The maximum absolute atomic E-state index is 12.9. The molecular formula is C21H31N3O2. The molecule has 1 saturated carbocycles. The summed E-state index contributed by atoms with van der Waals surface area (Å²) >= 11 is 0. The van der Waals surface area contributed by atoms with Crippen LogP contribution in [0.3, 0.4) is 0 Å². The van der Waals surface area contributed by atoms with Crippen molar-refractivity contribution in [2.75, 3.05) is 32.8 Å². The van der Waals surface area contributed by atoms with Gasteiger partial charge < -0.3 is 10.1 Å². The summed E-state index contributed by atoms with van der Waals surface area (Å²) < 4.78 is 5.42. The van der Waals surface area contributed by atoms with Crippen molar-refractivity contribution in [1.29, 1.82) is 0 Å². The molecule has 2 atom stereocenters. The van der Waals surface area contributed by atoms with Crippen LogP contribution in [0.15, 0.2) is 24.4 Å². The van der Waals surface area contributed by atoms with Crippen molar-refractivity contribution in [3.05, 3.63) is 30.1 Å². The van der Waals surface area contributed by atoms with E-state index in [0.29, 0.717) is 11.8 Å². The zero-order chi connectivity index (χ0) is 17.8. The molecule has 4 rings (SSSR count). The number of nitrogens with one attached hydrogen (secondary N) is 1. The molecule has 5 heteroatoms. The number of nitrogens with zero attached hydrogens (tertiary/aromatic N) is 2. The molecule has 1 amide bonds. The molecule has 1 aromatic heterocycles. The van der Waals surface area contributed by atoms with Gasteiger partial charge in [-0.3, -0.25) is 14.7 Å². The Hall–Kier alpha value is -1.46. The molecule has 3 heterocycles. The fourth-order valence-electron chi connectivity index (χ4n) is 5.19. The maximum Gasteiger partial charge on any atom is 0.223 e. The highest BCUT2D eigenvalue weighted by Crippen LogP contribution is 2.50. The minimum atomic E-state index is 0.189. The lowest BCUT2D eigenvalue weighted by Gasteiger charge is -2.31. The highest BCUT2D eigenvalue weighted by atomic mass is 16.5. The van der Waals surface area contributed by atoms with Gasteiger partial charge in [0.1, 0.15) is 0 Å². The van der Waals surface area contributed by atoms with Gasteiger partial charge in [0.05, 0.1) is 5.69 Å². The standard InChI is InChI=1S/C21H31N3O2/c25-20(23-14-17-6-12-26-13-7-17)19-5-3-8-21(19)9-11-24(16-21)15-18-4-1-2-10-22-18/h1-2,4,10,17,19H,3,5-9,11-16H2,(H,23,25)/t19-,21-/m1/s1. The Balaban J connectivity index is 1.33. The number of hydrogen-bond acceptors (Lipinski definition) is 4. The number of rotatable bonds is 5. The van der Waals surface area contributed by atoms with Crippen molar-refractivity contribution in [2.45, 2.75) is 45.1 Å². The first-order valence-electron chi connectivity index (χ1n) is 10.2. The summed E-state index contributed by atoms with van der Waals surface area (Å²) in [6.07, 6.45) is 8.60. The Morgan fingerprint density at radius 2 is 2.15 bits per heavy atom. The molecule has 142 valence electrons. The Labute approximate surface area is 156 Å². The van der Waals surface area contributed by atoms with Crippen molar-refractivity contribution in [3.63, 3.8) is 0 Å². The Bertz CT molecular complexity index is 603. The van der Waals surface area contributed by atoms with Crippen LogP contribution in [0.25, 0.3) is 0 Å². The van der Waals surface area contributed by atoms with Gasteiger partial charge in [-0.15, -0.1) is 0 Å². The van der Waals surface area contributed by atoms with Crippen LogP contribution in [-0.4, -0.2) is 48.6 Å². The third kappa shape index (κ3) is 3.94. The van der Waals surface area contributed by atoms with Crippen molar-refractivity contribution < 1.29 is 9.53 Å². The molecule has 26 heavy (non-hydrogen) atoms. The van der Waals surface area contributed by atoms with Crippen molar-refractivity contribution >= 4 is 5.91 Å². The van der Waals surface area contributed by atoms with Crippen LogP contribution in [0.2, 0.25) is 0 Å². The van der Waals surface area contributed by atoms with E-state index < -0.39 is 0 Å². The van der Waals surface area contributed by atoms with E-state index in [0.717, 1.165) is 70.8 Å². The summed E-state index contributed by atoms with van der Waals surface area (Å²) in [6, 6.07) is 6.11. The smallest absolute Gasteiger partial charge is 0.223 e. The lowest BCUT2D eigenvalue weighted by molar-refractivity contribution is -0.128. The van der Waals surface area contributed by atoms with Gasteiger partial charge in [-0.1, -0.05) is 12.5 Å². The molecule has 5 nitrogen and oxygen atoms in total. The number of aromatic nitrogens is 1. The molecule has 1 spiro atoms. The van der Waals surface area contributed by atoms with Crippen molar-refractivity contribution in [1.82, 2.24) is 15.2 Å². The zero-order valence-electron chi connectivity index (χ0n) is 15.7. The minimum Gasteiger partial charge on any atom is -0.381 e. The van der Waals surface area contributed by atoms with E-state index in [2.05, 4.69) is 27.3 Å². The topological polar surface area (TPSA) is 54.5 Å². The van der Waals surface area contributed by atoms with E-state index in [-0.39, 0.29) is 11.3 Å². The van der Waals surface area contributed by atoms with Crippen LogP contribution in [0.4, 0.5) is 0 Å². The molecule has 3 fully saturated rings. The Kier molecular flexibility index (Phi) is 5.55. The lowest BCUT2D eigenvalue weighted by Crippen LogP contribution is -2.42. The molecule has 3 aliphatic rings. The molecular weight excluding hydrogens is 326 g/mol. The molecule has 2 saturated heterocycles. The SMILES string of the molecule is O=C(NCC1CCOCC1)[C@H]1CCC[C@]12CCN(Cc1ccccn1)C2. The van der Waals surface area contributed by atoms with Crippen LogP contribution >= 0.6 is 0 Å². The first kappa shape index (κ1) is 17.9. The fourth-order valence-corrected chi connectivity index (χ4v) is 5.19. The van der Waals surface area contributed by atoms with Gasteiger partial charge in [0.15, 0.2) is 0 Å². The second kappa shape index (κ2) is 8.05. The van der Waals surface area contributed by atoms with Gasteiger partial charge in [-0.25, -0.2) is 0 Å². The van der Waals surface area contributed by atoms with Crippen LogP contribution < -0.4 is 5.32 Å². The number of pyridine rings is 1. The monoisotopic (exact) mass is 357 g/mol. The number of ether oxygens (including phenoxy) is 1. The molecule has 0 radical (unpaired) electrons. The van der Waals surface area contributed by atoms with E-state index in [1.165, 1.54) is 12.8 Å². The number of carbonyl (C=O) groups excluding carboxylic acids is 1. The summed E-state index contributed by atoms with van der Waals surface area (Å²) in [4.78, 5) is 19.9. The highest BCUT2D eigenvalue weighted by Gasteiger charge is 2.50. The summed E-state index contributed by atoms with van der Waals surface area (Å²) in [5.74, 6) is 1.08. The van der Waals surface area contributed by atoms with Gasteiger partial charge in [-0.05, 0) is 62.1 Å². The fraction of sp³-hybridized carbons (Fsp3) is 0.714. The van der Waals surface area contributed by atoms with Crippen molar-refractivity contribution in [3.8, 4) is 0 Å². The van der Waals surface area contributed by atoms with Crippen LogP contribution in [-0.2, 0) is 16.1 Å². The van der Waals surface area contributed by atoms with E-state index in [4.69, 9.17) is 4.74 Å². The van der Waals surface area contributed by atoms with Gasteiger partial charge >= 0.3 is 0 Å². The molecule has 1 aliphatic carbocycles. The van der Waals surface area contributed by atoms with Gasteiger partial charge in [0.2, 0.25) is 5.91 Å². The van der Waals surface area contributed by atoms with E-state index in [1.807, 2.05) is 12.3 Å². The quantitative estimate of drug-likeness (QED) is 0.880. The first-order chi connectivity index (χ1) is 12.8. The molecule has 0 aromatic carbocycles. The largest absolute Gasteiger partial charge is 0.381 e. The predicted octanol–water partition coefficient (Wildman–Crippen LogP) is 2.62. The summed E-state index contributed by atoms with van der Waals surface area (Å²) in [5, 5.41) is 3.28. The normalized spacial score (nSPS) is 30.1. The van der Waals surface area contributed by atoms with E-state index in [1.54, 1.807) is 0 Å². The lowest BCUT2D eigenvalue weighted by atomic mass is 9.76. The molecule has 0 bridgehead atoms. The second-order valence-corrected chi connectivity index (χ2v) is 8.39. The van der Waals surface area contributed by atoms with Crippen molar-refractivity contribution in [2.24, 2.45) is 17.3 Å². The van der Waals surface area contributed by atoms with Gasteiger partial charge in [0, 0.05) is 45.0 Å². The minimum absolute atomic E-state index is 0.189. The summed E-state index contributed by atoms with van der Waals surface area (Å²) in [7, 11) is 0. The molecule has 0 unspecified atom stereocenters. The highest BCUT2D eigenvalue weighted by molar-refractivity contribution is 5.80. The number of amides is 1. The first-order valence-corrected chi connectivity index (χ1v) is 10.2.